The van der Waals surface area contributed by atoms with E-state index in [0.29, 0.717) is 26.2 Å². The maximum absolute atomic E-state index is 11.9. The molecule has 0 saturated carbocycles. The standard InChI is InChI=1S/C13H18N4O2/c14-3-5-16-13(19)11-6-12(18)17(9-11)8-10-2-1-4-15-7-10/h1-2,4,7,11H,3,5-6,8-9,14H2,(H,16,19). The Kier molecular flexibility index (Phi) is 4.46. The van der Waals surface area contributed by atoms with E-state index >= 15 is 0 Å². The van der Waals surface area contributed by atoms with Crippen molar-refractivity contribution in [1.29, 1.82) is 0 Å². The van der Waals surface area contributed by atoms with Crippen LogP contribution in [-0.2, 0) is 16.1 Å². The second kappa shape index (κ2) is 6.29. The molecule has 0 spiro atoms. The highest BCUT2D eigenvalue weighted by Gasteiger charge is 2.33. The van der Waals surface area contributed by atoms with Gasteiger partial charge in [0.15, 0.2) is 0 Å². The smallest absolute Gasteiger partial charge is 0.225 e. The van der Waals surface area contributed by atoms with E-state index in [1.807, 2.05) is 12.1 Å². The van der Waals surface area contributed by atoms with E-state index in [-0.39, 0.29) is 24.2 Å². The molecule has 2 amide bonds. The van der Waals surface area contributed by atoms with Crippen molar-refractivity contribution in [3.63, 3.8) is 0 Å². The predicted octanol–water partition coefficient (Wildman–Crippen LogP) is -0.495. The first kappa shape index (κ1) is 13.5. The quantitative estimate of drug-likeness (QED) is 0.749. The summed E-state index contributed by atoms with van der Waals surface area (Å²) in [4.78, 5) is 29.4. The lowest BCUT2D eigenvalue weighted by atomic mass is 10.1. The van der Waals surface area contributed by atoms with E-state index in [1.165, 1.54) is 0 Å². The highest BCUT2D eigenvalue weighted by Crippen LogP contribution is 2.19. The molecule has 19 heavy (non-hydrogen) atoms. The van der Waals surface area contributed by atoms with Crippen molar-refractivity contribution in [3.05, 3.63) is 30.1 Å². The van der Waals surface area contributed by atoms with Crippen LogP contribution in [0.5, 0.6) is 0 Å². The molecule has 0 aromatic carbocycles. The molecule has 1 aliphatic rings. The zero-order valence-electron chi connectivity index (χ0n) is 10.7. The first-order chi connectivity index (χ1) is 9.20. The molecule has 1 aliphatic heterocycles. The minimum Gasteiger partial charge on any atom is -0.355 e. The minimum atomic E-state index is -0.268. The summed E-state index contributed by atoms with van der Waals surface area (Å²) in [7, 11) is 0. The Balaban J connectivity index is 1.91. The average molecular weight is 262 g/mol. The molecule has 1 atom stereocenters. The average Bonchev–Trinajstić information content (AvgIpc) is 2.79. The zero-order valence-corrected chi connectivity index (χ0v) is 10.7. The molecule has 102 valence electrons. The van der Waals surface area contributed by atoms with E-state index in [2.05, 4.69) is 10.3 Å². The fraction of sp³-hybridized carbons (Fsp3) is 0.462. The first-order valence-electron chi connectivity index (χ1n) is 6.35. The van der Waals surface area contributed by atoms with Gasteiger partial charge in [0, 0.05) is 45.0 Å². The number of aromatic nitrogens is 1. The lowest BCUT2D eigenvalue weighted by Gasteiger charge is -2.16. The molecule has 6 heteroatoms. The maximum Gasteiger partial charge on any atom is 0.225 e. The second-order valence-corrected chi connectivity index (χ2v) is 4.62. The van der Waals surface area contributed by atoms with Crippen LogP contribution < -0.4 is 11.1 Å². The van der Waals surface area contributed by atoms with Crippen molar-refractivity contribution in [2.45, 2.75) is 13.0 Å². The molecule has 1 aromatic heterocycles. The van der Waals surface area contributed by atoms with Crippen LogP contribution >= 0.6 is 0 Å². The van der Waals surface area contributed by atoms with Gasteiger partial charge in [-0.15, -0.1) is 0 Å². The summed E-state index contributed by atoms with van der Waals surface area (Å²) in [5.41, 5.74) is 6.30. The molecule has 0 bridgehead atoms. The van der Waals surface area contributed by atoms with Gasteiger partial charge in [-0.3, -0.25) is 14.6 Å². The van der Waals surface area contributed by atoms with Gasteiger partial charge in [0.2, 0.25) is 11.8 Å². The number of pyridine rings is 1. The summed E-state index contributed by atoms with van der Waals surface area (Å²) in [6, 6.07) is 3.75. The highest BCUT2D eigenvalue weighted by molar-refractivity contribution is 5.89. The lowest BCUT2D eigenvalue weighted by Crippen LogP contribution is -2.35. The van der Waals surface area contributed by atoms with Gasteiger partial charge in [-0.2, -0.15) is 0 Å². The van der Waals surface area contributed by atoms with E-state index in [0.717, 1.165) is 5.56 Å². The Morgan fingerprint density at radius 3 is 3.11 bits per heavy atom. The zero-order chi connectivity index (χ0) is 13.7. The molecular weight excluding hydrogens is 244 g/mol. The SMILES string of the molecule is NCCNC(=O)C1CC(=O)N(Cc2cccnc2)C1. The molecule has 1 saturated heterocycles. The van der Waals surface area contributed by atoms with Crippen molar-refractivity contribution < 1.29 is 9.59 Å². The summed E-state index contributed by atoms with van der Waals surface area (Å²) < 4.78 is 0. The third-order valence-electron chi connectivity index (χ3n) is 3.13. The Morgan fingerprint density at radius 2 is 2.42 bits per heavy atom. The normalized spacial score (nSPS) is 18.7. The number of amides is 2. The summed E-state index contributed by atoms with van der Waals surface area (Å²) in [6.07, 6.45) is 3.70. The van der Waals surface area contributed by atoms with Gasteiger partial charge in [0.25, 0.3) is 0 Å². The third kappa shape index (κ3) is 3.51. The van der Waals surface area contributed by atoms with Crippen molar-refractivity contribution >= 4 is 11.8 Å². The minimum absolute atomic E-state index is 0.0109. The van der Waals surface area contributed by atoms with Crippen LogP contribution in [-0.4, -0.2) is 41.3 Å². The molecule has 0 aliphatic carbocycles. The van der Waals surface area contributed by atoms with Crippen LogP contribution in [0, 0.1) is 5.92 Å². The molecule has 0 radical (unpaired) electrons. The number of hydrogen-bond acceptors (Lipinski definition) is 4. The lowest BCUT2D eigenvalue weighted by molar-refractivity contribution is -0.129. The van der Waals surface area contributed by atoms with Crippen LogP contribution in [0.1, 0.15) is 12.0 Å². The number of carbonyl (C=O) groups is 2. The molecular formula is C13H18N4O2. The number of nitrogens with one attached hydrogen (secondary N) is 1. The van der Waals surface area contributed by atoms with Gasteiger partial charge in [-0.25, -0.2) is 0 Å². The fourth-order valence-corrected chi connectivity index (χ4v) is 2.15. The van der Waals surface area contributed by atoms with Crippen LogP contribution in [0.15, 0.2) is 24.5 Å². The van der Waals surface area contributed by atoms with Crippen LogP contribution in [0.25, 0.3) is 0 Å². The van der Waals surface area contributed by atoms with Gasteiger partial charge in [0.05, 0.1) is 5.92 Å². The molecule has 6 nitrogen and oxygen atoms in total. The van der Waals surface area contributed by atoms with E-state index in [4.69, 9.17) is 5.73 Å². The predicted molar refractivity (Wildman–Crippen MR) is 69.8 cm³/mol. The molecule has 1 fully saturated rings. The topological polar surface area (TPSA) is 88.3 Å². The number of carbonyl (C=O) groups excluding carboxylic acids is 2. The number of likely N-dealkylation sites (tertiary alicyclic amines) is 1. The summed E-state index contributed by atoms with van der Waals surface area (Å²) in [5.74, 6) is -0.347. The second-order valence-electron chi connectivity index (χ2n) is 4.62. The van der Waals surface area contributed by atoms with Crippen molar-refractivity contribution in [2.75, 3.05) is 19.6 Å². The van der Waals surface area contributed by atoms with Gasteiger partial charge in [-0.1, -0.05) is 6.07 Å². The Bertz CT molecular complexity index is 449. The Hall–Kier alpha value is -1.95. The molecule has 2 rings (SSSR count). The van der Waals surface area contributed by atoms with Gasteiger partial charge in [0.1, 0.15) is 0 Å². The summed E-state index contributed by atoms with van der Waals surface area (Å²) in [6.45, 7) is 1.83. The van der Waals surface area contributed by atoms with E-state index in [9.17, 15) is 9.59 Å². The van der Waals surface area contributed by atoms with E-state index in [1.54, 1.807) is 17.3 Å². The largest absolute Gasteiger partial charge is 0.355 e. The third-order valence-corrected chi connectivity index (χ3v) is 3.13. The first-order valence-corrected chi connectivity index (χ1v) is 6.35. The van der Waals surface area contributed by atoms with Crippen molar-refractivity contribution in [2.24, 2.45) is 11.7 Å². The Morgan fingerprint density at radius 1 is 1.58 bits per heavy atom. The van der Waals surface area contributed by atoms with Crippen LogP contribution in [0.3, 0.4) is 0 Å². The molecule has 2 heterocycles. The van der Waals surface area contributed by atoms with E-state index < -0.39 is 0 Å². The number of hydrogen-bond donors (Lipinski definition) is 2. The van der Waals surface area contributed by atoms with Crippen molar-refractivity contribution in [3.8, 4) is 0 Å². The van der Waals surface area contributed by atoms with Crippen LogP contribution in [0.4, 0.5) is 0 Å². The maximum atomic E-state index is 11.9. The van der Waals surface area contributed by atoms with Gasteiger partial charge >= 0.3 is 0 Å². The number of nitrogens with two attached hydrogens (primary N) is 1. The van der Waals surface area contributed by atoms with Crippen molar-refractivity contribution in [1.82, 2.24) is 15.2 Å². The molecule has 1 unspecified atom stereocenters. The Labute approximate surface area is 112 Å². The summed E-state index contributed by atoms with van der Waals surface area (Å²) >= 11 is 0. The monoisotopic (exact) mass is 262 g/mol. The number of nitrogens with zero attached hydrogens (tertiary/aromatic N) is 2. The molecule has 1 aromatic rings. The fourth-order valence-electron chi connectivity index (χ4n) is 2.15. The highest BCUT2D eigenvalue weighted by atomic mass is 16.2. The number of rotatable bonds is 5. The molecule has 3 N–H and O–H groups in total. The summed E-state index contributed by atoms with van der Waals surface area (Å²) in [5, 5.41) is 2.72. The van der Waals surface area contributed by atoms with Gasteiger partial charge < -0.3 is 16.0 Å². The van der Waals surface area contributed by atoms with Gasteiger partial charge in [-0.05, 0) is 11.6 Å². The van der Waals surface area contributed by atoms with Crippen LogP contribution in [0.2, 0.25) is 0 Å².